The number of halogens is 1. The van der Waals surface area contributed by atoms with E-state index in [1.54, 1.807) is 31.2 Å². The summed E-state index contributed by atoms with van der Waals surface area (Å²) in [5, 5.41) is 3.51. The minimum atomic E-state index is -0.224. The molecule has 6 heteroatoms. The number of nitrogens with zero attached hydrogens (tertiary/aromatic N) is 1. The first-order valence-corrected chi connectivity index (χ1v) is 7.95. The maximum absolute atomic E-state index is 12.4. The summed E-state index contributed by atoms with van der Waals surface area (Å²) in [5.74, 6) is 0.610. The fourth-order valence-corrected chi connectivity index (χ4v) is 2.34. The topological polar surface area (TPSA) is 50.8 Å². The van der Waals surface area contributed by atoms with Crippen LogP contribution < -0.4 is 10.1 Å². The van der Waals surface area contributed by atoms with Gasteiger partial charge in [0.1, 0.15) is 12.4 Å². The highest BCUT2D eigenvalue weighted by molar-refractivity contribution is 6.30. The molecule has 1 N–H and O–H groups in total. The fraction of sp³-hybridized carbons (Fsp3) is 0.278. The van der Waals surface area contributed by atoms with Crippen molar-refractivity contribution >= 4 is 23.3 Å². The van der Waals surface area contributed by atoms with Crippen molar-refractivity contribution in [3.8, 4) is 5.75 Å². The van der Waals surface area contributed by atoms with Crippen molar-refractivity contribution < 1.29 is 14.3 Å². The number of nitrogens with one attached hydrogen (secondary N) is 1. The zero-order valence-corrected chi connectivity index (χ0v) is 14.5. The van der Waals surface area contributed by atoms with Crippen molar-refractivity contribution in [2.24, 2.45) is 0 Å². The minimum Gasteiger partial charge on any atom is -0.489 e. The zero-order chi connectivity index (χ0) is 17.4. The van der Waals surface area contributed by atoms with Gasteiger partial charge in [-0.15, -0.1) is 0 Å². The largest absolute Gasteiger partial charge is 0.489 e. The van der Waals surface area contributed by atoms with Crippen LogP contribution in [0, 0.1) is 0 Å². The molecule has 0 aliphatic rings. The Kier molecular flexibility index (Phi) is 6.90. The molecule has 2 rings (SSSR count). The van der Waals surface area contributed by atoms with E-state index in [0.717, 1.165) is 5.56 Å². The van der Waals surface area contributed by atoms with Gasteiger partial charge in [-0.1, -0.05) is 35.9 Å². The molecule has 0 heterocycles. The molecule has 0 unspecified atom stereocenters. The van der Waals surface area contributed by atoms with E-state index in [1.165, 1.54) is 0 Å². The van der Waals surface area contributed by atoms with Crippen LogP contribution in [0.4, 0.5) is 10.5 Å². The number of urea groups is 1. The molecule has 0 bridgehead atoms. The van der Waals surface area contributed by atoms with E-state index >= 15 is 0 Å². The number of para-hydroxylation sites is 2. The van der Waals surface area contributed by atoms with E-state index in [0.29, 0.717) is 36.2 Å². The van der Waals surface area contributed by atoms with Gasteiger partial charge in [-0.25, -0.2) is 4.79 Å². The number of carbonyl (C=O) groups excluding carboxylic acids is 1. The van der Waals surface area contributed by atoms with Gasteiger partial charge in [-0.05, 0) is 29.8 Å². The molecule has 0 saturated heterocycles. The zero-order valence-electron chi connectivity index (χ0n) is 13.8. The molecule has 0 spiro atoms. The molecule has 0 radical (unpaired) electrons. The van der Waals surface area contributed by atoms with Gasteiger partial charge < -0.3 is 19.7 Å². The van der Waals surface area contributed by atoms with Crippen LogP contribution in [0.3, 0.4) is 0 Å². The Morgan fingerprint density at radius 1 is 1.17 bits per heavy atom. The van der Waals surface area contributed by atoms with Crippen LogP contribution in [0.2, 0.25) is 5.02 Å². The van der Waals surface area contributed by atoms with Crippen LogP contribution in [0.25, 0.3) is 0 Å². The summed E-state index contributed by atoms with van der Waals surface area (Å²) < 4.78 is 10.6. The highest BCUT2D eigenvalue weighted by Crippen LogP contribution is 2.24. The van der Waals surface area contributed by atoms with E-state index in [2.05, 4.69) is 5.32 Å². The van der Waals surface area contributed by atoms with E-state index < -0.39 is 0 Å². The second kappa shape index (κ2) is 9.15. The average molecular weight is 349 g/mol. The Morgan fingerprint density at radius 2 is 1.96 bits per heavy atom. The second-order valence-corrected chi connectivity index (χ2v) is 5.69. The van der Waals surface area contributed by atoms with Gasteiger partial charge in [0.15, 0.2) is 0 Å². The van der Waals surface area contributed by atoms with Crippen LogP contribution in [0.15, 0.2) is 48.5 Å². The van der Waals surface area contributed by atoms with Crippen molar-refractivity contribution in [1.29, 1.82) is 0 Å². The van der Waals surface area contributed by atoms with Crippen molar-refractivity contribution in [3.05, 3.63) is 59.1 Å². The Labute approximate surface area is 147 Å². The molecule has 0 fully saturated rings. The monoisotopic (exact) mass is 348 g/mol. The number of benzene rings is 2. The van der Waals surface area contributed by atoms with Crippen LogP contribution in [0.1, 0.15) is 5.56 Å². The summed E-state index contributed by atoms with van der Waals surface area (Å²) >= 11 is 5.97. The van der Waals surface area contributed by atoms with Gasteiger partial charge in [-0.2, -0.15) is 0 Å². The first-order chi connectivity index (χ1) is 11.6. The molecular formula is C18H21ClN2O3. The predicted molar refractivity (Wildman–Crippen MR) is 95.8 cm³/mol. The van der Waals surface area contributed by atoms with Gasteiger partial charge in [-0.3, -0.25) is 0 Å². The lowest BCUT2D eigenvalue weighted by Gasteiger charge is -2.19. The molecule has 0 aliphatic carbocycles. The molecule has 2 aromatic rings. The second-order valence-electron chi connectivity index (χ2n) is 5.25. The Balaban J connectivity index is 1.98. The number of ether oxygens (including phenoxy) is 2. The summed E-state index contributed by atoms with van der Waals surface area (Å²) in [4.78, 5) is 14.0. The number of anilines is 1. The van der Waals surface area contributed by atoms with E-state index in [1.807, 2.05) is 36.4 Å². The quantitative estimate of drug-likeness (QED) is 0.768. The lowest BCUT2D eigenvalue weighted by molar-refractivity contribution is 0.146. The number of amides is 2. The van der Waals surface area contributed by atoms with Crippen LogP contribution >= 0.6 is 11.6 Å². The summed E-state index contributed by atoms with van der Waals surface area (Å²) in [6.07, 6.45) is 0. The van der Waals surface area contributed by atoms with Crippen molar-refractivity contribution in [2.45, 2.75) is 6.54 Å². The molecule has 24 heavy (non-hydrogen) atoms. The van der Waals surface area contributed by atoms with Crippen molar-refractivity contribution in [2.75, 3.05) is 32.7 Å². The maximum Gasteiger partial charge on any atom is 0.321 e. The normalized spacial score (nSPS) is 10.3. The summed E-state index contributed by atoms with van der Waals surface area (Å²) in [6.45, 7) is 1.36. The smallest absolute Gasteiger partial charge is 0.321 e. The number of methoxy groups -OCH3 is 1. The van der Waals surface area contributed by atoms with Gasteiger partial charge in [0.2, 0.25) is 0 Å². The first-order valence-electron chi connectivity index (χ1n) is 7.57. The first kappa shape index (κ1) is 18.1. The third-order valence-electron chi connectivity index (χ3n) is 3.33. The maximum atomic E-state index is 12.4. The summed E-state index contributed by atoms with van der Waals surface area (Å²) in [7, 11) is 3.34. The third-order valence-corrected chi connectivity index (χ3v) is 3.56. The lowest BCUT2D eigenvalue weighted by Crippen LogP contribution is -2.31. The van der Waals surface area contributed by atoms with Crippen molar-refractivity contribution in [1.82, 2.24) is 4.90 Å². The van der Waals surface area contributed by atoms with Gasteiger partial charge in [0.05, 0.1) is 12.3 Å². The SMILES string of the molecule is COCCOc1ccccc1NC(=O)N(C)Cc1cccc(Cl)c1. The molecular weight excluding hydrogens is 328 g/mol. The highest BCUT2D eigenvalue weighted by atomic mass is 35.5. The van der Waals surface area contributed by atoms with Gasteiger partial charge >= 0.3 is 6.03 Å². The third kappa shape index (κ3) is 5.44. The number of hydrogen-bond donors (Lipinski definition) is 1. The average Bonchev–Trinajstić information content (AvgIpc) is 2.56. The molecule has 2 aromatic carbocycles. The molecule has 128 valence electrons. The van der Waals surface area contributed by atoms with Crippen LogP contribution in [0.5, 0.6) is 5.75 Å². The Morgan fingerprint density at radius 3 is 2.71 bits per heavy atom. The van der Waals surface area contributed by atoms with E-state index in [9.17, 15) is 4.79 Å². The standard InChI is InChI=1S/C18H21ClN2O3/c1-21(13-14-6-5-7-15(19)12-14)18(22)20-16-8-3-4-9-17(16)24-11-10-23-2/h3-9,12H,10-11,13H2,1-2H3,(H,20,22). The molecule has 2 amide bonds. The number of hydrogen-bond acceptors (Lipinski definition) is 3. The molecule has 0 aliphatic heterocycles. The van der Waals surface area contributed by atoms with Gasteiger partial charge in [0, 0.05) is 25.7 Å². The molecule has 0 saturated carbocycles. The van der Waals surface area contributed by atoms with E-state index in [4.69, 9.17) is 21.1 Å². The van der Waals surface area contributed by atoms with Gasteiger partial charge in [0.25, 0.3) is 0 Å². The Hall–Kier alpha value is -2.24. The molecule has 0 atom stereocenters. The highest BCUT2D eigenvalue weighted by Gasteiger charge is 2.12. The predicted octanol–water partition coefficient (Wildman–Crippen LogP) is 4.03. The summed E-state index contributed by atoms with van der Waals surface area (Å²) in [5.41, 5.74) is 1.58. The Bertz CT molecular complexity index is 679. The molecule has 0 aromatic heterocycles. The molecule has 5 nitrogen and oxygen atoms in total. The minimum absolute atomic E-state index is 0.224. The van der Waals surface area contributed by atoms with Crippen LogP contribution in [-0.2, 0) is 11.3 Å². The number of rotatable bonds is 7. The van der Waals surface area contributed by atoms with Crippen LogP contribution in [-0.4, -0.2) is 38.3 Å². The van der Waals surface area contributed by atoms with E-state index in [-0.39, 0.29) is 6.03 Å². The van der Waals surface area contributed by atoms with Crippen molar-refractivity contribution in [3.63, 3.8) is 0 Å². The number of carbonyl (C=O) groups is 1. The summed E-state index contributed by atoms with van der Waals surface area (Å²) in [6, 6.07) is 14.5. The fourth-order valence-electron chi connectivity index (χ4n) is 2.12. The lowest BCUT2D eigenvalue weighted by atomic mass is 10.2.